The zero-order valence-electron chi connectivity index (χ0n) is 17.9. The van der Waals surface area contributed by atoms with Crippen molar-refractivity contribution >= 4 is 22.2 Å². The molecule has 2 saturated heterocycles. The van der Waals surface area contributed by atoms with Gasteiger partial charge in [0.25, 0.3) is 10.2 Å². The maximum Gasteiger partial charge on any atom is 0.409 e. The molecule has 2 aliphatic rings. The van der Waals surface area contributed by atoms with Crippen LogP contribution in [0, 0.1) is 0 Å². The summed E-state index contributed by atoms with van der Waals surface area (Å²) in [4.78, 5) is 29.5. The van der Waals surface area contributed by atoms with E-state index >= 15 is 0 Å². The molecule has 0 spiro atoms. The fourth-order valence-corrected chi connectivity index (χ4v) is 5.31. The van der Waals surface area contributed by atoms with E-state index in [9.17, 15) is 18.0 Å². The van der Waals surface area contributed by atoms with Crippen molar-refractivity contribution in [3.63, 3.8) is 0 Å². The average Bonchev–Trinajstić information content (AvgIpc) is 2.95. The van der Waals surface area contributed by atoms with Crippen LogP contribution < -0.4 is 0 Å². The number of piperazine rings is 1. The van der Waals surface area contributed by atoms with Gasteiger partial charge in [-0.15, -0.1) is 0 Å². The van der Waals surface area contributed by atoms with Gasteiger partial charge in [0.05, 0.1) is 13.2 Å². The van der Waals surface area contributed by atoms with Crippen LogP contribution in [0.2, 0.25) is 0 Å². The maximum absolute atomic E-state index is 13.0. The Balaban J connectivity index is 1.89. The monoisotopic (exact) mass is 433 g/mol. The molecule has 10 nitrogen and oxygen atoms in total. The topological polar surface area (TPSA) is 93.7 Å². The first-order chi connectivity index (χ1) is 13.8. The molecule has 2 amide bonds. The quantitative estimate of drug-likeness (QED) is 0.556. The Morgan fingerprint density at radius 3 is 2.03 bits per heavy atom. The van der Waals surface area contributed by atoms with Gasteiger partial charge in [-0.05, 0) is 33.7 Å². The fraction of sp³-hybridized carbons (Fsp3) is 0.889. The maximum atomic E-state index is 13.0. The van der Waals surface area contributed by atoms with E-state index in [1.807, 2.05) is 18.7 Å². The second-order valence-corrected chi connectivity index (χ2v) is 9.12. The van der Waals surface area contributed by atoms with E-state index in [1.165, 1.54) is 8.61 Å². The fourth-order valence-electron chi connectivity index (χ4n) is 3.68. The minimum absolute atomic E-state index is 0.0846. The number of ether oxygens (including phenoxy) is 1. The predicted octanol–water partition coefficient (Wildman–Crippen LogP) is -0.119. The molecule has 168 valence electrons. The first kappa shape index (κ1) is 23.8. The summed E-state index contributed by atoms with van der Waals surface area (Å²) >= 11 is 0. The van der Waals surface area contributed by atoms with Crippen molar-refractivity contribution in [3.05, 3.63) is 0 Å². The molecule has 2 aliphatic heterocycles. The van der Waals surface area contributed by atoms with Gasteiger partial charge >= 0.3 is 6.09 Å². The minimum atomic E-state index is -3.58. The van der Waals surface area contributed by atoms with Gasteiger partial charge in [0.15, 0.2) is 0 Å². The number of amides is 2. The minimum Gasteiger partial charge on any atom is -0.450 e. The summed E-state index contributed by atoms with van der Waals surface area (Å²) in [6, 6.07) is 0. The summed E-state index contributed by atoms with van der Waals surface area (Å²) < 4.78 is 34.0. The molecule has 0 radical (unpaired) electrons. The zero-order valence-corrected chi connectivity index (χ0v) is 18.7. The van der Waals surface area contributed by atoms with Gasteiger partial charge in [-0.25, -0.2) is 4.79 Å². The number of rotatable bonds is 7. The molecular formula is C18H35N5O5S. The van der Waals surface area contributed by atoms with Gasteiger partial charge in [-0.3, -0.25) is 9.69 Å². The summed E-state index contributed by atoms with van der Waals surface area (Å²) in [6.45, 7) is 10.9. The smallest absolute Gasteiger partial charge is 0.409 e. The Kier molecular flexibility index (Phi) is 9.12. The lowest BCUT2D eigenvalue weighted by Gasteiger charge is -2.36. The lowest BCUT2D eigenvalue weighted by Crippen LogP contribution is -2.54. The highest BCUT2D eigenvalue weighted by Gasteiger charge is 2.34. The van der Waals surface area contributed by atoms with Gasteiger partial charge < -0.3 is 14.5 Å². The van der Waals surface area contributed by atoms with Crippen molar-refractivity contribution in [1.82, 2.24) is 23.3 Å². The Hall–Kier alpha value is -1.43. The molecule has 2 fully saturated rings. The first-order valence-electron chi connectivity index (χ1n) is 10.5. The first-order valence-corrected chi connectivity index (χ1v) is 11.9. The van der Waals surface area contributed by atoms with Crippen molar-refractivity contribution in [2.75, 3.05) is 78.6 Å². The molecule has 0 bridgehead atoms. The summed E-state index contributed by atoms with van der Waals surface area (Å²) in [5, 5.41) is 0. The molecule has 0 saturated carbocycles. The summed E-state index contributed by atoms with van der Waals surface area (Å²) in [7, 11) is -3.58. The lowest BCUT2D eigenvalue weighted by molar-refractivity contribution is -0.132. The van der Waals surface area contributed by atoms with E-state index in [0.717, 1.165) is 0 Å². The largest absolute Gasteiger partial charge is 0.450 e. The molecule has 0 aromatic carbocycles. The third-order valence-corrected chi connectivity index (χ3v) is 7.48. The Morgan fingerprint density at radius 2 is 1.45 bits per heavy atom. The van der Waals surface area contributed by atoms with E-state index in [-0.39, 0.29) is 19.0 Å². The number of hydrogen-bond donors (Lipinski definition) is 0. The van der Waals surface area contributed by atoms with Crippen LogP contribution in [-0.2, 0) is 19.7 Å². The van der Waals surface area contributed by atoms with Crippen molar-refractivity contribution in [1.29, 1.82) is 0 Å². The number of carbonyl (C=O) groups excluding carboxylic acids is 2. The average molecular weight is 434 g/mol. The van der Waals surface area contributed by atoms with E-state index in [0.29, 0.717) is 71.9 Å². The normalized spacial score (nSPS) is 20.3. The Morgan fingerprint density at radius 1 is 0.862 bits per heavy atom. The lowest BCUT2D eigenvalue weighted by atomic mass is 10.3. The molecule has 0 atom stereocenters. The molecule has 11 heteroatoms. The van der Waals surface area contributed by atoms with Gasteiger partial charge in [0, 0.05) is 58.9 Å². The molecule has 29 heavy (non-hydrogen) atoms. The molecular weight excluding hydrogens is 398 g/mol. The highest BCUT2D eigenvalue weighted by molar-refractivity contribution is 7.86. The molecule has 2 rings (SSSR count). The number of carbonyl (C=O) groups is 2. The van der Waals surface area contributed by atoms with Crippen LogP contribution in [0.15, 0.2) is 0 Å². The Labute approximate surface area is 174 Å². The predicted molar refractivity (Wildman–Crippen MR) is 110 cm³/mol. The third-order valence-electron chi connectivity index (χ3n) is 5.44. The number of nitrogens with zero attached hydrogens (tertiary/aromatic N) is 5. The standard InChI is InChI=1S/C18H35N5O5S/c1-4-20(5-2)17(24)16-19-8-7-9-22(13-10-19)29(26,27)23-14-11-21(12-15-23)18(25)28-6-3/h4-16H2,1-3H3. The van der Waals surface area contributed by atoms with Crippen LogP contribution in [0.3, 0.4) is 0 Å². The van der Waals surface area contributed by atoms with Crippen LogP contribution in [0.1, 0.15) is 27.2 Å². The van der Waals surface area contributed by atoms with Crippen molar-refractivity contribution < 1.29 is 22.7 Å². The second-order valence-electron chi connectivity index (χ2n) is 7.19. The van der Waals surface area contributed by atoms with E-state index in [1.54, 1.807) is 16.7 Å². The molecule has 0 aromatic rings. The second kappa shape index (κ2) is 11.1. The van der Waals surface area contributed by atoms with Crippen molar-refractivity contribution in [2.24, 2.45) is 0 Å². The molecule has 2 heterocycles. The van der Waals surface area contributed by atoms with Crippen LogP contribution in [0.25, 0.3) is 0 Å². The number of likely N-dealkylation sites (N-methyl/N-ethyl adjacent to an activating group) is 1. The third kappa shape index (κ3) is 6.27. The molecule has 0 aliphatic carbocycles. The van der Waals surface area contributed by atoms with Gasteiger partial charge in [0.2, 0.25) is 5.91 Å². The van der Waals surface area contributed by atoms with Gasteiger partial charge in [0.1, 0.15) is 0 Å². The number of hydrogen-bond acceptors (Lipinski definition) is 6. The summed E-state index contributed by atoms with van der Waals surface area (Å²) in [5.74, 6) is 0.0846. The van der Waals surface area contributed by atoms with Crippen LogP contribution >= 0.6 is 0 Å². The van der Waals surface area contributed by atoms with Crippen molar-refractivity contribution in [2.45, 2.75) is 27.2 Å². The zero-order chi connectivity index (χ0) is 21.4. The summed E-state index contributed by atoms with van der Waals surface area (Å²) in [5.41, 5.74) is 0. The van der Waals surface area contributed by atoms with E-state index in [2.05, 4.69) is 0 Å². The molecule has 0 aromatic heterocycles. The highest BCUT2D eigenvalue weighted by atomic mass is 32.2. The van der Waals surface area contributed by atoms with Crippen LogP contribution in [-0.4, -0.2) is 122 Å². The van der Waals surface area contributed by atoms with Gasteiger partial charge in [-0.1, -0.05) is 0 Å². The highest BCUT2D eigenvalue weighted by Crippen LogP contribution is 2.16. The van der Waals surface area contributed by atoms with Crippen molar-refractivity contribution in [3.8, 4) is 0 Å². The summed E-state index contributed by atoms with van der Waals surface area (Å²) in [6.07, 6.45) is 0.293. The van der Waals surface area contributed by atoms with E-state index in [4.69, 9.17) is 4.74 Å². The van der Waals surface area contributed by atoms with E-state index < -0.39 is 16.3 Å². The molecule has 0 N–H and O–H groups in total. The Bertz CT molecular complexity index is 647. The SMILES string of the molecule is CCOC(=O)N1CCN(S(=O)(=O)N2CCCN(CC(=O)N(CC)CC)CC2)CC1. The molecule has 0 unspecified atom stereocenters. The van der Waals surface area contributed by atoms with Crippen LogP contribution in [0.4, 0.5) is 4.79 Å². The van der Waals surface area contributed by atoms with Gasteiger partial charge in [-0.2, -0.15) is 17.0 Å². The van der Waals surface area contributed by atoms with Crippen LogP contribution in [0.5, 0.6) is 0 Å².